The smallest absolute Gasteiger partial charge is 0.240 e. The number of hydrogen-bond donors (Lipinski definition) is 2. The molecule has 2 amide bonds. The second-order valence-electron chi connectivity index (χ2n) is 6.70. The predicted octanol–water partition coefficient (Wildman–Crippen LogP) is 3.27. The van der Waals surface area contributed by atoms with E-state index in [0.717, 1.165) is 23.0 Å². The largest absolute Gasteiger partial charge is 0.326 e. The maximum absolute atomic E-state index is 12.2. The van der Waals surface area contributed by atoms with Gasteiger partial charge in [-0.1, -0.05) is 22.0 Å². The Morgan fingerprint density at radius 3 is 2.59 bits per heavy atom. The molecule has 0 radical (unpaired) electrons. The quantitative estimate of drug-likeness (QED) is 0.636. The molecule has 2 aromatic rings. The van der Waals surface area contributed by atoms with Crippen LogP contribution in [0.5, 0.6) is 0 Å². The molecular weight excluding hydrogens is 458 g/mol. The Labute approximate surface area is 178 Å². The first kappa shape index (κ1) is 21.5. The summed E-state index contributed by atoms with van der Waals surface area (Å²) in [5.41, 5.74) is 1.32. The van der Waals surface area contributed by atoms with Crippen LogP contribution in [0.1, 0.15) is 25.7 Å². The molecule has 1 aliphatic heterocycles. The minimum Gasteiger partial charge on any atom is -0.326 e. The lowest BCUT2D eigenvalue weighted by Crippen LogP contribution is -2.35. The molecule has 2 N–H and O–H groups in total. The maximum Gasteiger partial charge on any atom is 0.240 e. The number of sulfonamides is 1. The summed E-state index contributed by atoms with van der Waals surface area (Å²) in [5, 5.41) is 2.75. The number of anilines is 2. The van der Waals surface area contributed by atoms with Crippen LogP contribution in [0.25, 0.3) is 0 Å². The van der Waals surface area contributed by atoms with Crippen molar-refractivity contribution in [2.75, 3.05) is 23.3 Å². The van der Waals surface area contributed by atoms with E-state index < -0.39 is 10.0 Å². The van der Waals surface area contributed by atoms with Crippen molar-refractivity contribution in [2.24, 2.45) is 0 Å². The number of halogens is 1. The third kappa shape index (κ3) is 5.88. The van der Waals surface area contributed by atoms with Crippen LogP contribution in [0.15, 0.2) is 57.9 Å². The highest BCUT2D eigenvalue weighted by Crippen LogP contribution is 2.24. The van der Waals surface area contributed by atoms with Gasteiger partial charge in [-0.2, -0.15) is 0 Å². The molecule has 0 spiro atoms. The van der Waals surface area contributed by atoms with Crippen molar-refractivity contribution < 1.29 is 18.0 Å². The van der Waals surface area contributed by atoms with Gasteiger partial charge in [0.25, 0.3) is 0 Å². The fourth-order valence-corrected chi connectivity index (χ4v) is 4.35. The van der Waals surface area contributed by atoms with Crippen molar-refractivity contribution in [1.82, 2.24) is 4.72 Å². The summed E-state index contributed by atoms with van der Waals surface area (Å²) < 4.78 is 27.7. The van der Waals surface area contributed by atoms with E-state index in [4.69, 9.17) is 0 Å². The molecule has 1 aliphatic rings. The van der Waals surface area contributed by atoms with Crippen molar-refractivity contribution in [2.45, 2.75) is 30.6 Å². The van der Waals surface area contributed by atoms with Crippen LogP contribution in [-0.2, 0) is 19.6 Å². The molecular formula is C20H22BrN3O4S. The van der Waals surface area contributed by atoms with Gasteiger partial charge in [-0.15, -0.1) is 0 Å². The standard InChI is InChI=1S/C20H22BrN3O4S/c21-15-7-9-18(10-8-15)29(27,28)22-12-11-19(25)23-16-4-3-5-17(14-16)24-13-2-1-6-20(24)26/h3-5,7-10,14,22H,1-2,6,11-13H2,(H,23,25). The van der Waals surface area contributed by atoms with E-state index in [-0.39, 0.29) is 29.7 Å². The number of benzene rings is 2. The number of carbonyl (C=O) groups excluding carboxylic acids is 2. The Bertz CT molecular complexity index is 993. The average Bonchev–Trinajstić information content (AvgIpc) is 2.69. The van der Waals surface area contributed by atoms with Gasteiger partial charge in [0.15, 0.2) is 0 Å². The third-order valence-electron chi connectivity index (χ3n) is 4.53. The summed E-state index contributed by atoms with van der Waals surface area (Å²) >= 11 is 3.26. The molecule has 1 saturated heterocycles. The number of hydrogen-bond acceptors (Lipinski definition) is 4. The summed E-state index contributed by atoms with van der Waals surface area (Å²) in [7, 11) is -3.67. The number of nitrogens with zero attached hydrogens (tertiary/aromatic N) is 1. The number of nitrogens with one attached hydrogen (secondary N) is 2. The van der Waals surface area contributed by atoms with Crippen LogP contribution >= 0.6 is 15.9 Å². The van der Waals surface area contributed by atoms with E-state index in [1.807, 2.05) is 6.07 Å². The van der Waals surface area contributed by atoms with E-state index in [2.05, 4.69) is 26.0 Å². The molecule has 1 heterocycles. The van der Waals surface area contributed by atoms with Crippen LogP contribution in [-0.4, -0.2) is 33.3 Å². The first-order chi connectivity index (χ1) is 13.8. The molecule has 0 saturated carbocycles. The Morgan fingerprint density at radius 1 is 1.10 bits per heavy atom. The molecule has 0 aromatic heterocycles. The molecule has 0 aliphatic carbocycles. The van der Waals surface area contributed by atoms with Crippen LogP contribution in [0.4, 0.5) is 11.4 Å². The zero-order chi connectivity index (χ0) is 20.9. The number of piperidine rings is 1. The lowest BCUT2D eigenvalue weighted by Gasteiger charge is -2.27. The SMILES string of the molecule is O=C(CCNS(=O)(=O)c1ccc(Br)cc1)Nc1cccc(N2CCCCC2=O)c1. The van der Waals surface area contributed by atoms with Crippen LogP contribution < -0.4 is 14.9 Å². The summed E-state index contributed by atoms with van der Waals surface area (Å²) in [4.78, 5) is 26.1. The van der Waals surface area contributed by atoms with E-state index >= 15 is 0 Å². The third-order valence-corrected chi connectivity index (χ3v) is 6.54. The molecule has 154 valence electrons. The van der Waals surface area contributed by atoms with Crippen LogP contribution in [0.2, 0.25) is 0 Å². The Balaban J connectivity index is 1.54. The second-order valence-corrected chi connectivity index (χ2v) is 9.39. The average molecular weight is 480 g/mol. The number of carbonyl (C=O) groups is 2. The van der Waals surface area contributed by atoms with E-state index in [9.17, 15) is 18.0 Å². The maximum atomic E-state index is 12.2. The summed E-state index contributed by atoms with van der Waals surface area (Å²) in [6.07, 6.45) is 2.39. The second kappa shape index (κ2) is 9.51. The van der Waals surface area contributed by atoms with Gasteiger partial charge in [0.1, 0.15) is 0 Å². The van der Waals surface area contributed by atoms with Gasteiger partial charge in [0.05, 0.1) is 4.90 Å². The van der Waals surface area contributed by atoms with E-state index in [1.165, 1.54) is 12.1 Å². The van der Waals surface area contributed by atoms with Crippen molar-refractivity contribution >= 4 is 49.1 Å². The molecule has 0 bridgehead atoms. The minimum absolute atomic E-state index is 0.0113. The predicted molar refractivity (Wildman–Crippen MR) is 115 cm³/mol. The number of amides is 2. The van der Waals surface area contributed by atoms with Gasteiger partial charge < -0.3 is 10.2 Å². The molecule has 0 unspecified atom stereocenters. The lowest BCUT2D eigenvalue weighted by atomic mass is 10.1. The summed E-state index contributed by atoms with van der Waals surface area (Å²) in [6.45, 7) is 0.655. The molecule has 1 fully saturated rings. The Hall–Kier alpha value is -2.23. The molecule has 29 heavy (non-hydrogen) atoms. The lowest BCUT2D eigenvalue weighted by molar-refractivity contribution is -0.119. The van der Waals surface area contributed by atoms with Crippen molar-refractivity contribution in [3.05, 3.63) is 53.0 Å². The van der Waals surface area contributed by atoms with Gasteiger partial charge in [-0.25, -0.2) is 13.1 Å². The monoisotopic (exact) mass is 479 g/mol. The first-order valence-corrected chi connectivity index (χ1v) is 11.6. The molecule has 0 atom stereocenters. The summed E-state index contributed by atoms with van der Waals surface area (Å²) in [5.74, 6) is -0.229. The van der Waals surface area contributed by atoms with E-state index in [0.29, 0.717) is 18.7 Å². The Morgan fingerprint density at radius 2 is 1.86 bits per heavy atom. The zero-order valence-electron chi connectivity index (χ0n) is 15.7. The van der Waals surface area contributed by atoms with Crippen molar-refractivity contribution in [3.8, 4) is 0 Å². The fraction of sp³-hybridized carbons (Fsp3) is 0.300. The number of rotatable bonds is 7. The van der Waals surface area contributed by atoms with Gasteiger partial charge >= 0.3 is 0 Å². The van der Waals surface area contributed by atoms with Crippen molar-refractivity contribution in [3.63, 3.8) is 0 Å². The fourth-order valence-electron chi connectivity index (χ4n) is 3.05. The zero-order valence-corrected chi connectivity index (χ0v) is 18.1. The highest BCUT2D eigenvalue weighted by atomic mass is 79.9. The molecule has 2 aromatic carbocycles. The van der Waals surface area contributed by atoms with Gasteiger partial charge in [-0.3, -0.25) is 9.59 Å². The van der Waals surface area contributed by atoms with E-state index in [1.54, 1.807) is 35.2 Å². The highest BCUT2D eigenvalue weighted by Gasteiger charge is 2.20. The highest BCUT2D eigenvalue weighted by molar-refractivity contribution is 9.10. The first-order valence-electron chi connectivity index (χ1n) is 9.31. The van der Waals surface area contributed by atoms with Crippen LogP contribution in [0.3, 0.4) is 0 Å². The van der Waals surface area contributed by atoms with Gasteiger partial charge in [-0.05, 0) is 55.3 Å². The Kier molecular flexibility index (Phi) is 7.05. The molecule has 7 nitrogen and oxygen atoms in total. The van der Waals surface area contributed by atoms with Crippen molar-refractivity contribution in [1.29, 1.82) is 0 Å². The summed E-state index contributed by atoms with van der Waals surface area (Å²) in [6, 6.07) is 13.4. The normalized spacial score (nSPS) is 14.7. The molecule has 3 rings (SSSR count). The topological polar surface area (TPSA) is 95.6 Å². The van der Waals surface area contributed by atoms with Gasteiger partial charge in [0, 0.05) is 41.8 Å². The van der Waals surface area contributed by atoms with Gasteiger partial charge in [0.2, 0.25) is 21.8 Å². The molecule has 9 heteroatoms. The van der Waals surface area contributed by atoms with Crippen LogP contribution in [0, 0.1) is 0 Å². The minimum atomic E-state index is -3.67.